The first-order valence-electron chi connectivity index (χ1n) is 4.55. The molecule has 0 aromatic rings. The molecule has 1 aliphatic rings. The standard InChI is InChI=1S/C8H10F6O2/c9-7(10,11)6(8(12,13)14)16-3-5(15)4-1-2-4/h4-6,15H,1-3H2. The second-order valence-electron chi connectivity index (χ2n) is 3.70. The van der Waals surface area contributed by atoms with Crippen molar-refractivity contribution in [2.45, 2.75) is 37.4 Å². The van der Waals surface area contributed by atoms with Crippen LogP contribution in [0.4, 0.5) is 26.3 Å². The minimum Gasteiger partial charge on any atom is -0.390 e. The number of aliphatic hydroxyl groups is 1. The SMILES string of the molecule is OC(COC(C(F)(F)F)C(F)(F)F)C1CC1. The maximum absolute atomic E-state index is 12.0. The summed E-state index contributed by atoms with van der Waals surface area (Å²) >= 11 is 0. The normalized spacial score (nSPS) is 20.2. The highest BCUT2D eigenvalue weighted by atomic mass is 19.4. The molecule has 0 aliphatic heterocycles. The minimum atomic E-state index is -5.51. The first kappa shape index (κ1) is 13.6. The van der Waals surface area contributed by atoms with E-state index >= 15 is 0 Å². The summed E-state index contributed by atoms with van der Waals surface area (Å²) in [5.41, 5.74) is 0. The Hall–Kier alpha value is -0.500. The van der Waals surface area contributed by atoms with Crippen molar-refractivity contribution < 1.29 is 36.2 Å². The van der Waals surface area contributed by atoms with Gasteiger partial charge in [-0.25, -0.2) is 0 Å². The molecule has 2 nitrogen and oxygen atoms in total. The molecule has 1 rings (SSSR count). The molecule has 1 aliphatic carbocycles. The van der Waals surface area contributed by atoms with Crippen LogP contribution in [-0.4, -0.2) is 36.3 Å². The van der Waals surface area contributed by atoms with Crippen LogP contribution in [0.5, 0.6) is 0 Å². The van der Waals surface area contributed by atoms with E-state index in [0.29, 0.717) is 12.8 Å². The molecule has 1 N–H and O–H groups in total. The van der Waals surface area contributed by atoms with Crippen LogP contribution in [0.15, 0.2) is 0 Å². The van der Waals surface area contributed by atoms with Gasteiger partial charge >= 0.3 is 12.4 Å². The smallest absolute Gasteiger partial charge is 0.390 e. The zero-order valence-electron chi connectivity index (χ0n) is 7.98. The van der Waals surface area contributed by atoms with Gasteiger partial charge in [0.1, 0.15) is 0 Å². The molecular weight excluding hydrogens is 242 g/mol. The maximum Gasteiger partial charge on any atom is 0.423 e. The lowest BCUT2D eigenvalue weighted by Gasteiger charge is -2.24. The van der Waals surface area contributed by atoms with Crippen molar-refractivity contribution in [2.75, 3.05) is 6.61 Å². The zero-order chi connectivity index (χ0) is 12.6. The Morgan fingerprint density at radius 1 is 1.06 bits per heavy atom. The van der Waals surface area contributed by atoms with Crippen LogP contribution in [0.1, 0.15) is 12.8 Å². The molecule has 1 atom stereocenters. The second kappa shape index (κ2) is 4.40. The highest BCUT2D eigenvalue weighted by molar-refractivity contribution is 4.82. The third-order valence-electron chi connectivity index (χ3n) is 2.19. The van der Waals surface area contributed by atoms with Gasteiger partial charge in [-0.3, -0.25) is 0 Å². The summed E-state index contributed by atoms with van der Waals surface area (Å²) in [6, 6.07) is 0. The van der Waals surface area contributed by atoms with Gasteiger partial charge in [-0.2, -0.15) is 26.3 Å². The van der Waals surface area contributed by atoms with Crippen LogP contribution in [0.2, 0.25) is 0 Å². The molecule has 0 heterocycles. The molecule has 8 heteroatoms. The fourth-order valence-corrected chi connectivity index (χ4v) is 1.19. The largest absolute Gasteiger partial charge is 0.423 e. The summed E-state index contributed by atoms with van der Waals surface area (Å²) in [4.78, 5) is 0. The molecule has 0 bridgehead atoms. The third-order valence-corrected chi connectivity index (χ3v) is 2.19. The Labute approximate surface area is 87.2 Å². The Morgan fingerprint density at radius 3 is 1.81 bits per heavy atom. The van der Waals surface area contributed by atoms with Gasteiger partial charge in [0.15, 0.2) is 0 Å². The number of hydrogen-bond donors (Lipinski definition) is 1. The van der Waals surface area contributed by atoms with Gasteiger partial charge < -0.3 is 9.84 Å². The van der Waals surface area contributed by atoms with Gasteiger partial charge in [-0.05, 0) is 18.8 Å². The molecule has 16 heavy (non-hydrogen) atoms. The molecule has 96 valence electrons. The summed E-state index contributed by atoms with van der Waals surface area (Å²) in [5, 5.41) is 9.11. The summed E-state index contributed by atoms with van der Waals surface area (Å²) in [7, 11) is 0. The van der Waals surface area contributed by atoms with Crippen molar-refractivity contribution in [3.05, 3.63) is 0 Å². The summed E-state index contributed by atoms with van der Waals surface area (Å²) in [5.74, 6) is -0.234. The van der Waals surface area contributed by atoms with Crippen molar-refractivity contribution >= 4 is 0 Å². The van der Waals surface area contributed by atoms with E-state index in [1.165, 1.54) is 0 Å². The van der Waals surface area contributed by atoms with E-state index in [0.717, 1.165) is 0 Å². The number of ether oxygens (including phenoxy) is 1. The van der Waals surface area contributed by atoms with E-state index < -0.39 is 31.2 Å². The molecule has 0 aromatic heterocycles. The van der Waals surface area contributed by atoms with Gasteiger partial charge in [0.25, 0.3) is 0 Å². The lowest BCUT2D eigenvalue weighted by molar-refractivity contribution is -0.324. The van der Waals surface area contributed by atoms with Crippen molar-refractivity contribution in [1.82, 2.24) is 0 Å². The Kier molecular flexibility index (Phi) is 3.73. The fraction of sp³-hybridized carbons (Fsp3) is 1.00. The third kappa shape index (κ3) is 3.82. The Balaban J connectivity index is 2.50. The Morgan fingerprint density at radius 2 is 1.50 bits per heavy atom. The van der Waals surface area contributed by atoms with E-state index in [2.05, 4.69) is 4.74 Å². The van der Waals surface area contributed by atoms with E-state index in [1.807, 2.05) is 0 Å². The molecular formula is C8H10F6O2. The van der Waals surface area contributed by atoms with Crippen molar-refractivity contribution in [3.8, 4) is 0 Å². The van der Waals surface area contributed by atoms with Gasteiger partial charge in [-0.1, -0.05) is 0 Å². The average molecular weight is 252 g/mol. The molecule has 0 amide bonds. The monoisotopic (exact) mass is 252 g/mol. The van der Waals surface area contributed by atoms with Gasteiger partial charge in [-0.15, -0.1) is 0 Å². The predicted molar refractivity (Wildman–Crippen MR) is 40.6 cm³/mol. The molecule has 1 unspecified atom stereocenters. The maximum atomic E-state index is 12.0. The van der Waals surface area contributed by atoms with E-state index in [1.54, 1.807) is 0 Å². The fourth-order valence-electron chi connectivity index (χ4n) is 1.19. The molecule has 1 saturated carbocycles. The second-order valence-corrected chi connectivity index (χ2v) is 3.70. The van der Waals surface area contributed by atoms with Crippen LogP contribution >= 0.6 is 0 Å². The van der Waals surface area contributed by atoms with Gasteiger partial charge in [0.2, 0.25) is 6.10 Å². The van der Waals surface area contributed by atoms with Crippen LogP contribution in [-0.2, 0) is 4.74 Å². The quantitative estimate of drug-likeness (QED) is 0.778. The van der Waals surface area contributed by atoms with Crippen molar-refractivity contribution in [3.63, 3.8) is 0 Å². The number of alkyl halides is 6. The predicted octanol–water partition coefficient (Wildman–Crippen LogP) is 2.27. The van der Waals surface area contributed by atoms with Gasteiger partial charge in [0, 0.05) is 0 Å². The number of aliphatic hydroxyl groups excluding tert-OH is 1. The highest BCUT2D eigenvalue weighted by Crippen LogP contribution is 2.37. The van der Waals surface area contributed by atoms with E-state index in [4.69, 9.17) is 5.11 Å². The minimum absolute atomic E-state index is 0.234. The topological polar surface area (TPSA) is 29.5 Å². The van der Waals surface area contributed by atoms with Crippen LogP contribution in [0.25, 0.3) is 0 Å². The van der Waals surface area contributed by atoms with E-state index in [-0.39, 0.29) is 5.92 Å². The lowest BCUT2D eigenvalue weighted by Crippen LogP contribution is -2.45. The Bertz CT molecular complexity index is 218. The molecule has 0 aromatic carbocycles. The molecule has 0 radical (unpaired) electrons. The summed E-state index contributed by atoms with van der Waals surface area (Å²) in [6.07, 6.45) is -14.9. The summed E-state index contributed by atoms with van der Waals surface area (Å²) in [6.45, 7) is -0.950. The first-order chi connectivity index (χ1) is 7.12. The zero-order valence-corrected chi connectivity index (χ0v) is 7.98. The molecule has 0 saturated heterocycles. The van der Waals surface area contributed by atoms with Gasteiger partial charge in [0.05, 0.1) is 12.7 Å². The number of hydrogen-bond acceptors (Lipinski definition) is 2. The van der Waals surface area contributed by atoms with Crippen LogP contribution in [0, 0.1) is 5.92 Å². The lowest BCUT2D eigenvalue weighted by atomic mass is 10.2. The first-order valence-corrected chi connectivity index (χ1v) is 4.55. The molecule has 1 fully saturated rings. The average Bonchev–Trinajstić information content (AvgIpc) is 2.79. The van der Waals surface area contributed by atoms with E-state index in [9.17, 15) is 26.3 Å². The van der Waals surface area contributed by atoms with Crippen molar-refractivity contribution in [1.29, 1.82) is 0 Å². The summed E-state index contributed by atoms with van der Waals surface area (Å²) < 4.78 is 75.5. The van der Waals surface area contributed by atoms with Crippen LogP contribution in [0.3, 0.4) is 0 Å². The van der Waals surface area contributed by atoms with Crippen LogP contribution < -0.4 is 0 Å². The van der Waals surface area contributed by atoms with Crippen molar-refractivity contribution in [2.24, 2.45) is 5.92 Å². The molecule has 0 spiro atoms. The number of halogens is 6. The highest BCUT2D eigenvalue weighted by Gasteiger charge is 2.58. The number of rotatable bonds is 4.